The summed E-state index contributed by atoms with van der Waals surface area (Å²) in [4.78, 5) is 41.7. The van der Waals surface area contributed by atoms with Gasteiger partial charge in [0.25, 0.3) is 11.7 Å². The first-order valence-corrected chi connectivity index (χ1v) is 9.25. The van der Waals surface area contributed by atoms with Gasteiger partial charge < -0.3 is 15.2 Å². The Morgan fingerprint density at radius 2 is 2.00 bits per heavy atom. The molecule has 1 saturated heterocycles. The van der Waals surface area contributed by atoms with Gasteiger partial charge in [-0.3, -0.25) is 14.4 Å². The van der Waals surface area contributed by atoms with Crippen molar-refractivity contribution < 1.29 is 14.4 Å². The fourth-order valence-corrected chi connectivity index (χ4v) is 3.51. The lowest BCUT2D eigenvalue weighted by molar-refractivity contribution is -0.130. The van der Waals surface area contributed by atoms with Gasteiger partial charge >= 0.3 is 0 Å². The molecule has 1 aliphatic heterocycles. The third-order valence-electron chi connectivity index (χ3n) is 4.89. The number of carbonyl (C=O) groups excluding carboxylic acids is 3. The second-order valence-corrected chi connectivity index (χ2v) is 6.80. The van der Waals surface area contributed by atoms with Crippen molar-refractivity contribution >= 4 is 28.5 Å². The Bertz CT molecular complexity index is 825. The van der Waals surface area contributed by atoms with E-state index in [9.17, 15) is 14.4 Å². The first-order chi connectivity index (χ1) is 12.6. The number of benzene rings is 1. The van der Waals surface area contributed by atoms with E-state index >= 15 is 0 Å². The third-order valence-corrected chi connectivity index (χ3v) is 4.89. The quantitative estimate of drug-likeness (QED) is 0.475. The smallest absolute Gasteiger partial charge is 0.292 e. The van der Waals surface area contributed by atoms with Crippen molar-refractivity contribution in [2.75, 3.05) is 19.6 Å². The molecule has 1 aliphatic rings. The van der Waals surface area contributed by atoms with Gasteiger partial charge in [-0.15, -0.1) is 0 Å². The molecule has 3 rings (SSSR count). The SMILES string of the molecule is Cc1[nH]c2ccccc2c1C(=O)C(=O)NCCCN1CCCCCC1=O. The zero-order chi connectivity index (χ0) is 18.5. The Kier molecular flexibility index (Phi) is 5.71. The zero-order valence-electron chi connectivity index (χ0n) is 15.1. The fourth-order valence-electron chi connectivity index (χ4n) is 3.51. The number of H-pyrrole nitrogens is 1. The highest BCUT2D eigenvalue weighted by Crippen LogP contribution is 2.22. The molecule has 0 saturated carbocycles. The number of carbonyl (C=O) groups is 3. The van der Waals surface area contributed by atoms with Crippen molar-refractivity contribution in [2.45, 2.75) is 39.0 Å². The minimum atomic E-state index is -0.597. The number of nitrogens with one attached hydrogen (secondary N) is 2. The number of hydrogen-bond acceptors (Lipinski definition) is 3. The van der Waals surface area contributed by atoms with Gasteiger partial charge in [-0.25, -0.2) is 0 Å². The summed E-state index contributed by atoms with van der Waals surface area (Å²) in [6, 6.07) is 7.46. The van der Waals surface area contributed by atoms with Crippen LogP contribution < -0.4 is 5.32 Å². The minimum absolute atomic E-state index is 0.194. The predicted octanol–water partition coefficient (Wildman–Crippen LogP) is 2.57. The minimum Gasteiger partial charge on any atom is -0.358 e. The van der Waals surface area contributed by atoms with E-state index in [1.54, 1.807) is 6.92 Å². The maximum Gasteiger partial charge on any atom is 0.292 e. The molecule has 0 radical (unpaired) electrons. The molecule has 6 nitrogen and oxygen atoms in total. The predicted molar refractivity (Wildman–Crippen MR) is 100 cm³/mol. The highest BCUT2D eigenvalue weighted by atomic mass is 16.2. The van der Waals surface area contributed by atoms with E-state index in [0.717, 1.165) is 36.7 Å². The highest BCUT2D eigenvalue weighted by Gasteiger charge is 2.22. The summed E-state index contributed by atoms with van der Waals surface area (Å²) in [5.41, 5.74) is 1.98. The van der Waals surface area contributed by atoms with Gasteiger partial charge in [-0.1, -0.05) is 24.6 Å². The van der Waals surface area contributed by atoms with E-state index in [4.69, 9.17) is 0 Å². The van der Waals surface area contributed by atoms with Gasteiger partial charge in [0.05, 0.1) is 5.56 Å². The van der Waals surface area contributed by atoms with Crippen LogP contribution in [0.15, 0.2) is 24.3 Å². The van der Waals surface area contributed by atoms with E-state index < -0.39 is 11.7 Å². The van der Waals surface area contributed by atoms with Crippen LogP contribution in [0, 0.1) is 6.92 Å². The molecule has 26 heavy (non-hydrogen) atoms. The van der Waals surface area contributed by atoms with Crippen LogP contribution in [-0.2, 0) is 9.59 Å². The molecule has 0 atom stereocenters. The largest absolute Gasteiger partial charge is 0.358 e. The normalized spacial score (nSPS) is 15.1. The number of aromatic nitrogens is 1. The summed E-state index contributed by atoms with van der Waals surface area (Å²) < 4.78 is 0. The number of aromatic amines is 1. The standard InChI is InChI=1S/C20H25N3O3/c1-14-18(15-8-4-5-9-16(15)22-14)19(25)20(26)21-11-7-13-23-12-6-2-3-10-17(23)24/h4-5,8-9,22H,2-3,6-7,10-13H2,1H3,(H,21,26). The molecule has 1 fully saturated rings. The van der Waals surface area contributed by atoms with Crippen molar-refractivity contribution in [3.8, 4) is 0 Å². The number of nitrogens with zero attached hydrogens (tertiary/aromatic N) is 1. The molecule has 6 heteroatoms. The zero-order valence-corrected chi connectivity index (χ0v) is 15.1. The van der Waals surface area contributed by atoms with E-state index in [-0.39, 0.29) is 5.91 Å². The van der Waals surface area contributed by atoms with Crippen LogP contribution in [0.4, 0.5) is 0 Å². The van der Waals surface area contributed by atoms with Crippen molar-refractivity contribution in [3.63, 3.8) is 0 Å². The second-order valence-electron chi connectivity index (χ2n) is 6.80. The summed E-state index contributed by atoms with van der Waals surface area (Å²) in [6.45, 7) is 3.60. The summed E-state index contributed by atoms with van der Waals surface area (Å²) in [5.74, 6) is -0.926. The van der Waals surface area contributed by atoms with Gasteiger partial charge in [-0.2, -0.15) is 0 Å². The Morgan fingerprint density at radius 1 is 1.19 bits per heavy atom. The van der Waals surface area contributed by atoms with Crippen LogP contribution in [0.5, 0.6) is 0 Å². The molecule has 2 amide bonds. The Hall–Kier alpha value is -2.63. The molecule has 2 N–H and O–H groups in total. The molecule has 1 aromatic carbocycles. The number of amides is 2. The van der Waals surface area contributed by atoms with Crippen LogP contribution in [0.25, 0.3) is 10.9 Å². The van der Waals surface area contributed by atoms with E-state index in [1.165, 1.54) is 0 Å². The maximum absolute atomic E-state index is 12.5. The number of hydrogen-bond donors (Lipinski definition) is 2. The lowest BCUT2D eigenvalue weighted by Crippen LogP contribution is -2.36. The fraction of sp³-hybridized carbons (Fsp3) is 0.450. The van der Waals surface area contributed by atoms with Crippen molar-refractivity contribution in [2.24, 2.45) is 0 Å². The number of Topliss-reactive ketones (excluding diaryl/α,β-unsaturated/α-hetero) is 1. The number of ketones is 1. The number of rotatable bonds is 6. The average molecular weight is 355 g/mol. The molecule has 0 unspecified atom stereocenters. The molecule has 0 bridgehead atoms. The van der Waals surface area contributed by atoms with Crippen LogP contribution in [0.1, 0.15) is 48.2 Å². The van der Waals surface area contributed by atoms with Gasteiger partial charge in [0.2, 0.25) is 5.91 Å². The molecule has 138 valence electrons. The van der Waals surface area contributed by atoms with Crippen LogP contribution in [0.3, 0.4) is 0 Å². The lowest BCUT2D eigenvalue weighted by atomic mass is 10.1. The molecular weight excluding hydrogens is 330 g/mol. The molecule has 2 heterocycles. The maximum atomic E-state index is 12.5. The Morgan fingerprint density at radius 3 is 2.85 bits per heavy atom. The highest BCUT2D eigenvalue weighted by molar-refractivity contribution is 6.45. The van der Waals surface area contributed by atoms with E-state index in [1.807, 2.05) is 29.2 Å². The monoisotopic (exact) mass is 355 g/mol. The van der Waals surface area contributed by atoms with Crippen molar-refractivity contribution in [1.29, 1.82) is 0 Å². The van der Waals surface area contributed by atoms with Crippen LogP contribution >= 0.6 is 0 Å². The number of para-hydroxylation sites is 1. The topological polar surface area (TPSA) is 82.3 Å². The molecule has 0 spiro atoms. The third kappa shape index (κ3) is 3.95. The Balaban J connectivity index is 1.54. The molecular formula is C20H25N3O3. The number of likely N-dealkylation sites (tertiary alicyclic amines) is 1. The van der Waals surface area contributed by atoms with Gasteiger partial charge in [0, 0.05) is 42.7 Å². The van der Waals surface area contributed by atoms with Crippen molar-refractivity contribution in [1.82, 2.24) is 15.2 Å². The van der Waals surface area contributed by atoms with E-state index in [0.29, 0.717) is 37.2 Å². The van der Waals surface area contributed by atoms with E-state index in [2.05, 4.69) is 10.3 Å². The van der Waals surface area contributed by atoms with Crippen LogP contribution in [-0.4, -0.2) is 47.1 Å². The summed E-state index contributed by atoms with van der Waals surface area (Å²) >= 11 is 0. The lowest BCUT2D eigenvalue weighted by Gasteiger charge is -2.20. The number of aryl methyl sites for hydroxylation is 1. The molecule has 2 aromatic rings. The van der Waals surface area contributed by atoms with Gasteiger partial charge in [0.1, 0.15) is 0 Å². The summed E-state index contributed by atoms with van der Waals surface area (Å²) in [5, 5.41) is 3.46. The second kappa shape index (κ2) is 8.17. The molecule has 0 aliphatic carbocycles. The first-order valence-electron chi connectivity index (χ1n) is 9.25. The van der Waals surface area contributed by atoms with Gasteiger partial charge in [0.15, 0.2) is 0 Å². The van der Waals surface area contributed by atoms with Crippen molar-refractivity contribution in [3.05, 3.63) is 35.5 Å². The van der Waals surface area contributed by atoms with Crippen LogP contribution in [0.2, 0.25) is 0 Å². The molecule has 1 aromatic heterocycles. The van der Waals surface area contributed by atoms with Gasteiger partial charge in [-0.05, 0) is 32.3 Å². The Labute approximate surface area is 152 Å². The number of fused-ring (bicyclic) bond motifs is 1. The summed E-state index contributed by atoms with van der Waals surface area (Å²) in [6.07, 6.45) is 4.36. The first kappa shape index (κ1) is 18.2. The summed E-state index contributed by atoms with van der Waals surface area (Å²) in [7, 11) is 0. The average Bonchev–Trinajstić information content (AvgIpc) is 2.83.